The van der Waals surface area contributed by atoms with Crippen LogP contribution in [0.4, 0.5) is 0 Å². The van der Waals surface area contributed by atoms with Gasteiger partial charge >= 0.3 is 5.97 Å². The maximum absolute atomic E-state index is 13.1. The van der Waals surface area contributed by atoms with Crippen molar-refractivity contribution in [1.29, 1.82) is 0 Å². The van der Waals surface area contributed by atoms with Gasteiger partial charge in [-0.2, -0.15) is 0 Å². The molecule has 0 radical (unpaired) electrons. The van der Waals surface area contributed by atoms with Crippen molar-refractivity contribution < 1.29 is 9.90 Å². The summed E-state index contributed by atoms with van der Waals surface area (Å²) in [5.41, 5.74) is 1.62. The molecule has 1 aromatic heterocycles. The van der Waals surface area contributed by atoms with Crippen molar-refractivity contribution in [1.82, 2.24) is 4.57 Å². The number of fused-ring (bicyclic) bond motifs is 2. The fourth-order valence-electron chi connectivity index (χ4n) is 3.05. The highest BCUT2D eigenvalue weighted by Gasteiger charge is 2.19. The fourth-order valence-corrected chi connectivity index (χ4v) is 3.47. The molecule has 0 spiro atoms. The molecule has 4 nitrogen and oxygen atoms in total. The minimum Gasteiger partial charge on any atom is -0.480 e. The molecule has 3 rings (SSSR count). The Balaban J connectivity index is 2.64. The Kier molecular flexibility index (Phi) is 4.28. The molecule has 2 aromatic carbocycles. The van der Waals surface area contributed by atoms with Crippen molar-refractivity contribution in [2.75, 3.05) is 0 Å². The summed E-state index contributed by atoms with van der Waals surface area (Å²) in [7, 11) is 0. The molecule has 1 N–H and O–H groups in total. The Morgan fingerprint density at radius 1 is 1.21 bits per heavy atom. The topological polar surface area (TPSA) is 59.3 Å². The number of nitrogens with zero attached hydrogens (tertiary/aromatic N) is 1. The number of benzene rings is 2. The van der Waals surface area contributed by atoms with E-state index < -0.39 is 5.97 Å². The molecule has 0 atom stereocenters. The van der Waals surface area contributed by atoms with Crippen LogP contribution in [0.25, 0.3) is 21.8 Å². The Morgan fingerprint density at radius 2 is 1.92 bits per heavy atom. The molecule has 0 fully saturated rings. The van der Waals surface area contributed by atoms with Gasteiger partial charge in [0.1, 0.15) is 6.54 Å². The van der Waals surface area contributed by atoms with E-state index in [0.717, 1.165) is 5.56 Å². The molecular formula is C18H15Cl2NO3. The minimum atomic E-state index is -1.02. The normalized spacial score (nSPS) is 11.5. The zero-order valence-corrected chi connectivity index (χ0v) is 14.6. The number of hydrogen-bond acceptors (Lipinski definition) is 2. The molecule has 0 unspecified atom stereocenters. The lowest BCUT2D eigenvalue weighted by Crippen LogP contribution is -2.17. The third-order valence-corrected chi connectivity index (χ3v) is 4.89. The van der Waals surface area contributed by atoms with Gasteiger partial charge in [0.15, 0.2) is 5.43 Å². The van der Waals surface area contributed by atoms with E-state index in [4.69, 9.17) is 23.2 Å². The Morgan fingerprint density at radius 3 is 2.54 bits per heavy atom. The molecule has 1 heterocycles. The molecule has 0 aliphatic heterocycles. The first-order valence-electron chi connectivity index (χ1n) is 7.47. The maximum Gasteiger partial charge on any atom is 0.323 e. The second-order valence-electron chi connectivity index (χ2n) is 5.96. The van der Waals surface area contributed by atoms with Gasteiger partial charge in [0, 0.05) is 10.8 Å². The standard InChI is InChI=1S/C18H15Cl2NO3/c1-9(2)10-4-3-5-13-15(10)18(24)11-6-7-12(19)16(20)17(11)21(13)8-14(22)23/h3-7,9H,8H2,1-2H3,(H,22,23). The van der Waals surface area contributed by atoms with Gasteiger partial charge in [0.2, 0.25) is 0 Å². The van der Waals surface area contributed by atoms with Crippen LogP contribution in [-0.2, 0) is 11.3 Å². The third kappa shape index (κ3) is 2.56. The lowest BCUT2D eigenvalue weighted by Gasteiger charge is -2.18. The number of halogens is 2. The van der Waals surface area contributed by atoms with Crippen LogP contribution in [0.1, 0.15) is 25.3 Å². The number of rotatable bonds is 3. The van der Waals surface area contributed by atoms with Gasteiger partial charge in [-0.1, -0.05) is 49.2 Å². The van der Waals surface area contributed by atoms with E-state index >= 15 is 0 Å². The molecule has 124 valence electrons. The molecule has 0 saturated carbocycles. The molecule has 0 aliphatic carbocycles. The Hall–Kier alpha value is -2.04. The van der Waals surface area contributed by atoms with E-state index in [-0.39, 0.29) is 27.9 Å². The van der Waals surface area contributed by atoms with E-state index in [0.29, 0.717) is 21.8 Å². The Bertz CT molecular complexity index is 1040. The first-order valence-corrected chi connectivity index (χ1v) is 8.23. The third-order valence-electron chi connectivity index (χ3n) is 4.09. The number of aromatic nitrogens is 1. The van der Waals surface area contributed by atoms with Crippen LogP contribution in [0.15, 0.2) is 35.1 Å². The highest BCUT2D eigenvalue weighted by Crippen LogP contribution is 2.33. The van der Waals surface area contributed by atoms with E-state index in [9.17, 15) is 14.7 Å². The van der Waals surface area contributed by atoms with Gasteiger partial charge in [-0.3, -0.25) is 9.59 Å². The van der Waals surface area contributed by atoms with Gasteiger partial charge in [0.25, 0.3) is 0 Å². The highest BCUT2D eigenvalue weighted by atomic mass is 35.5. The smallest absolute Gasteiger partial charge is 0.323 e. The van der Waals surface area contributed by atoms with Crippen molar-refractivity contribution in [3.63, 3.8) is 0 Å². The zero-order valence-electron chi connectivity index (χ0n) is 13.1. The van der Waals surface area contributed by atoms with Crippen LogP contribution in [0.5, 0.6) is 0 Å². The van der Waals surface area contributed by atoms with Gasteiger partial charge in [-0.15, -0.1) is 0 Å². The first kappa shape index (κ1) is 16.8. The van der Waals surface area contributed by atoms with Crippen molar-refractivity contribution >= 4 is 51.0 Å². The van der Waals surface area contributed by atoms with Crippen molar-refractivity contribution in [2.45, 2.75) is 26.3 Å². The van der Waals surface area contributed by atoms with E-state index in [1.807, 2.05) is 26.0 Å². The van der Waals surface area contributed by atoms with Crippen LogP contribution >= 0.6 is 23.2 Å². The highest BCUT2D eigenvalue weighted by molar-refractivity contribution is 6.45. The zero-order chi connectivity index (χ0) is 17.6. The second-order valence-corrected chi connectivity index (χ2v) is 6.75. The summed E-state index contributed by atoms with van der Waals surface area (Å²) in [6.45, 7) is 3.68. The summed E-state index contributed by atoms with van der Waals surface area (Å²) < 4.78 is 1.55. The number of aliphatic carboxylic acids is 1. The summed E-state index contributed by atoms with van der Waals surface area (Å²) in [5, 5.41) is 10.7. The molecule has 24 heavy (non-hydrogen) atoms. The van der Waals surface area contributed by atoms with Gasteiger partial charge in [-0.25, -0.2) is 0 Å². The van der Waals surface area contributed by atoms with Crippen molar-refractivity contribution in [2.24, 2.45) is 0 Å². The molecule has 0 amide bonds. The predicted octanol–water partition coefficient (Wildman–Crippen LogP) is 4.67. The summed E-state index contributed by atoms with van der Waals surface area (Å²) in [6, 6.07) is 8.61. The number of pyridine rings is 1. The minimum absolute atomic E-state index is 0.125. The maximum atomic E-state index is 13.1. The first-order chi connectivity index (χ1) is 11.3. The monoisotopic (exact) mass is 363 g/mol. The van der Waals surface area contributed by atoms with Gasteiger partial charge in [-0.05, 0) is 29.7 Å². The molecular weight excluding hydrogens is 349 g/mol. The predicted molar refractivity (Wildman–Crippen MR) is 97.5 cm³/mol. The fraction of sp³-hybridized carbons (Fsp3) is 0.222. The molecule has 0 bridgehead atoms. The quantitative estimate of drug-likeness (QED) is 0.687. The van der Waals surface area contributed by atoms with Gasteiger partial charge < -0.3 is 9.67 Å². The lowest BCUT2D eigenvalue weighted by molar-refractivity contribution is -0.137. The van der Waals surface area contributed by atoms with E-state index in [1.165, 1.54) is 0 Å². The van der Waals surface area contributed by atoms with Crippen LogP contribution in [0, 0.1) is 0 Å². The van der Waals surface area contributed by atoms with Crippen LogP contribution in [-0.4, -0.2) is 15.6 Å². The summed E-state index contributed by atoms with van der Waals surface area (Å²) in [5.74, 6) is -0.896. The average molecular weight is 364 g/mol. The molecule has 3 aromatic rings. The largest absolute Gasteiger partial charge is 0.480 e. The average Bonchev–Trinajstić information content (AvgIpc) is 2.53. The summed E-state index contributed by atoms with van der Waals surface area (Å²) in [6.07, 6.45) is 0. The van der Waals surface area contributed by atoms with Crippen LogP contribution in [0.2, 0.25) is 10.0 Å². The lowest BCUT2D eigenvalue weighted by atomic mass is 9.96. The summed E-state index contributed by atoms with van der Waals surface area (Å²) >= 11 is 12.4. The number of carboxylic acids is 1. The SMILES string of the molecule is CC(C)c1cccc2c1c(=O)c1ccc(Cl)c(Cl)c1n2CC(=O)O. The molecule has 6 heteroatoms. The van der Waals surface area contributed by atoms with Crippen molar-refractivity contribution in [3.8, 4) is 0 Å². The second kappa shape index (κ2) is 6.11. The van der Waals surface area contributed by atoms with Crippen molar-refractivity contribution in [3.05, 3.63) is 56.2 Å². The molecule has 0 aliphatic rings. The molecule has 0 saturated heterocycles. The Labute approximate surface area is 148 Å². The summed E-state index contributed by atoms with van der Waals surface area (Å²) in [4.78, 5) is 24.4. The number of carboxylic acid groups (broad SMARTS) is 1. The number of hydrogen-bond donors (Lipinski definition) is 1. The van der Waals surface area contributed by atoms with Crippen LogP contribution in [0.3, 0.4) is 0 Å². The van der Waals surface area contributed by atoms with Gasteiger partial charge in [0.05, 0.1) is 21.1 Å². The van der Waals surface area contributed by atoms with E-state index in [1.54, 1.807) is 22.8 Å². The van der Waals surface area contributed by atoms with Crippen LogP contribution < -0.4 is 5.43 Å². The van der Waals surface area contributed by atoms with E-state index in [2.05, 4.69) is 0 Å². The number of carbonyl (C=O) groups is 1.